The highest BCUT2D eigenvalue weighted by Crippen LogP contribution is 2.24. The molecule has 0 amide bonds. The number of hydrogen-bond donors (Lipinski definition) is 1. The number of nitrogens with two attached hydrogens (primary N) is 1. The molecule has 0 spiro atoms. The molecule has 0 heterocycles. The minimum Gasteiger partial charge on any atom is -0.324 e. The van der Waals surface area contributed by atoms with E-state index < -0.39 is 0 Å². The van der Waals surface area contributed by atoms with Crippen molar-refractivity contribution in [3.8, 4) is 0 Å². The van der Waals surface area contributed by atoms with Crippen molar-refractivity contribution in [3.05, 3.63) is 71.8 Å². The number of hydrogen-bond acceptors (Lipinski definition) is 1. The van der Waals surface area contributed by atoms with Gasteiger partial charge in [0.25, 0.3) is 0 Å². The van der Waals surface area contributed by atoms with Crippen LogP contribution in [0.15, 0.2) is 60.7 Å². The first kappa shape index (κ1) is 13.8. The van der Waals surface area contributed by atoms with Gasteiger partial charge in [0.15, 0.2) is 0 Å². The molecular formula is C18H23N. The third-order valence-corrected chi connectivity index (χ3v) is 3.90. The molecule has 19 heavy (non-hydrogen) atoms. The molecule has 2 aromatic carbocycles. The van der Waals surface area contributed by atoms with Gasteiger partial charge in [-0.2, -0.15) is 0 Å². The van der Waals surface area contributed by atoms with Crippen molar-refractivity contribution in [3.63, 3.8) is 0 Å². The van der Waals surface area contributed by atoms with Crippen LogP contribution in [0.1, 0.15) is 25.0 Å². The maximum absolute atomic E-state index is 6.70. The molecule has 0 aliphatic carbocycles. The predicted molar refractivity (Wildman–Crippen MR) is 82.0 cm³/mol. The Kier molecular flexibility index (Phi) is 4.39. The Hall–Kier alpha value is -1.60. The molecule has 0 saturated carbocycles. The molecule has 2 rings (SSSR count). The first-order valence-corrected chi connectivity index (χ1v) is 6.97. The van der Waals surface area contributed by atoms with Crippen LogP contribution in [-0.2, 0) is 12.8 Å². The molecule has 0 aromatic heterocycles. The summed E-state index contributed by atoms with van der Waals surface area (Å²) in [5.41, 5.74) is 9.14. The molecule has 2 aromatic rings. The van der Waals surface area contributed by atoms with Crippen LogP contribution in [0.5, 0.6) is 0 Å². The van der Waals surface area contributed by atoms with Crippen molar-refractivity contribution >= 4 is 0 Å². The second-order valence-corrected chi connectivity index (χ2v) is 5.71. The van der Waals surface area contributed by atoms with Crippen LogP contribution in [-0.4, -0.2) is 5.54 Å². The van der Waals surface area contributed by atoms with Gasteiger partial charge >= 0.3 is 0 Å². The summed E-state index contributed by atoms with van der Waals surface area (Å²) in [6.45, 7) is 4.43. The van der Waals surface area contributed by atoms with Gasteiger partial charge in [0, 0.05) is 5.54 Å². The van der Waals surface area contributed by atoms with Gasteiger partial charge in [0.05, 0.1) is 0 Å². The summed E-state index contributed by atoms with van der Waals surface area (Å²) in [5, 5.41) is 0. The second-order valence-electron chi connectivity index (χ2n) is 5.71. The second kappa shape index (κ2) is 6.03. The Morgan fingerprint density at radius 2 is 1.16 bits per heavy atom. The Labute approximate surface area is 116 Å². The van der Waals surface area contributed by atoms with Crippen molar-refractivity contribution in [2.45, 2.75) is 32.2 Å². The van der Waals surface area contributed by atoms with Gasteiger partial charge in [-0.25, -0.2) is 0 Å². The van der Waals surface area contributed by atoms with E-state index >= 15 is 0 Å². The average Bonchev–Trinajstić information content (AvgIpc) is 2.40. The van der Waals surface area contributed by atoms with Crippen LogP contribution in [0.2, 0.25) is 0 Å². The van der Waals surface area contributed by atoms with Crippen LogP contribution in [0, 0.1) is 5.92 Å². The quantitative estimate of drug-likeness (QED) is 0.861. The molecule has 0 aliphatic heterocycles. The minimum atomic E-state index is -0.192. The molecule has 0 aliphatic rings. The third-order valence-electron chi connectivity index (χ3n) is 3.90. The van der Waals surface area contributed by atoms with Gasteiger partial charge in [-0.15, -0.1) is 0 Å². The van der Waals surface area contributed by atoms with Crippen LogP contribution < -0.4 is 5.73 Å². The summed E-state index contributed by atoms with van der Waals surface area (Å²) in [6.07, 6.45) is 1.83. The van der Waals surface area contributed by atoms with Crippen molar-refractivity contribution in [1.29, 1.82) is 0 Å². The lowest BCUT2D eigenvalue weighted by molar-refractivity contribution is 0.304. The smallest absolute Gasteiger partial charge is 0.0259 e. The van der Waals surface area contributed by atoms with E-state index in [1.165, 1.54) is 11.1 Å². The first-order chi connectivity index (χ1) is 9.10. The van der Waals surface area contributed by atoms with E-state index in [-0.39, 0.29) is 5.54 Å². The first-order valence-electron chi connectivity index (χ1n) is 6.97. The molecule has 0 fully saturated rings. The van der Waals surface area contributed by atoms with E-state index in [1.54, 1.807) is 0 Å². The highest BCUT2D eigenvalue weighted by molar-refractivity contribution is 5.22. The zero-order chi connectivity index (χ0) is 13.7. The standard InChI is InChI=1S/C18H23N/c1-15(2)18(19,13-16-9-5-3-6-10-16)14-17-11-7-4-8-12-17/h3-12,15H,13-14,19H2,1-2H3. The van der Waals surface area contributed by atoms with Gasteiger partial charge in [-0.3, -0.25) is 0 Å². The van der Waals surface area contributed by atoms with E-state index in [0.29, 0.717) is 5.92 Å². The Morgan fingerprint density at radius 3 is 1.47 bits per heavy atom. The predicted octanol–water partition coefficient (Wildman–Crippen LogP) is 3.83. The highest BCUT2D eigenvalue weighted by atomic mass is 14.7. The van der Waals surface area contributed by atoms with Crippen LogP contribution >= 0.6 is 0 Å². The third kappa shape index (κ3) is 3.68. The Morgan fingerprint density at radius 1 is 0.789 bits per heavy atom. The molecule has 1 heteroatoms. The lowest BCUT2D eigenvalue weighted by Crippen LogP contribution is -2.49. The minimum absolute atomic E-state index is 0.192. The summed E-state index contributed by atoms with van der Waals surface area (Å²) in [7, 11) is 0. The summed E-state index contributed by atoms with van der Waals surface area (Å²) >= 11 is 0. The Balaban J connectivity index is 2.18. The topological polar surface area (TPSA) is 26.0 Å². The highest BCUT2D eigenvalue weighted by Gasteiger charge is 2.29. The normalized spacial score (nSPS) is 11.8. The van der Waals surface area contributed by atoms with E-state index in [1.807, 2.05) is 12.1 Å². The largest absolute Gasteiger partial charge is 0.324 e. The van der Waals surface area contributed by atoms with Crippen LogP contribution in [0.4, 0.5) is 0 Å². The van der Waals surface area contributed by atoms with Crippen molar-refractivity contribution in [2.75, 3.05) is 0 Å². The van der Waals surface area contributed by atoms with Gasteiger partial charge in [0.1, 0.15) is 0 Å². The van der Waals surface area contributed by atoms with Gasteiger partial charge in [-0.05, 0) is 29.9 Å². The molecule has 2 N–H and O–H groups in total. The zero-order valence-electron chi connectivity index (χ0n) is 11.8. The maximum Gasteiger partial charge on any atom is 0.0259 e. The number of benzene rings is 2. The average molecular weight is 253 g/mol. The lowest BCUT2D eigenvalue weighted by Gasteiger charge is -2.34. The SMILES string of the molecule is CC(C)C(N)(Cc1ccccc1)Cc1ccccc1. The fraction of sp³-hybridized carbons (Fsp3) is 0.333. The summed E-state index contributed by atoms with van der Waals surface area (Å²) < 4.78 is 0. The fourth-order valence-electron chi connectivity index (χ4n) is 2.42. The van der Waals surface area contributed by atoms with Gasteiger partial charge in [-0.1, -0.05) is 74.5 Å². The van der Waals surface area contributed by atoms with E-state index in [2.05, 4.69) is 62.4 Å². The van der Waals surface area contributed by atoms with E-state index in [9.17, 15) is 0 Å². The summed E-state index contributed by atoms with van der Waals surface area (Å²) in [6, 6.07) is 21.1. The van der Waals surface area contributed by atoms with Crippen molar-refractivity contribution in [2.24, 2.45) is 11.7 Å². The molecule has 0 unspecified atom stereocenters. The molecule has 0 radical (unpaired) electrons. The fourth-order valence-corrected chi connectivity index (χ4v) is 2.42. The summed E-state index contributed by atoms with van der Waals surface area (Å²) in [5.74, 6) is 0.438. The molecule has 100 valence electrons. The van der Waals surface area contributed by atoms with Crippen molar-refractivity contribution in [1.82, 2.24) is 0 Å². The Bertz CT molecular complexity index is 446. The molecule has 0 bridgehead atoms. The summed E-state index contributed by atoms with van der Waals surface area (Å²) in [4.78, 5) is 0. The zero-order valence-corrected chi connectivity index (χ0v) is 11.8. The maximum atomic E-state index is 6.70. The van der Waals surface area contributed by atoms with E-state index in [4.69, 9.17) is 5.73 Å². The lowest BCUT2D eigenvalue weighted by atomic mass is 9.77. The number of rotatable bonds is 5. The molecule has 0 atom stereocenters. The monoisotopic (exact) mass is 253 g/mol. The van der Waals surface area contributed by atoms with Gasteiger partial charge in [0.2, 0.25) is 0 Å². The van der Waals surface area contributed by atoms with Gasteiger partial charge < -0.3 is 5.73 Å². The van der Waals surface area contributed by atoms with Crippen LogP contribution in [0.3, 0.4) is 0 Å². The van der Waals surface area contributed by atoms with E-state index in [0.717, 1.165) is 12.8 Å². The van der Waals surface area contributed by atoms with Crippen molar-refractivity contribution < 1.29 is 0 Å². The molecular weight excluding hydrogens is 230 g/mol. The van der Waals surface area contributed by atoms with Crippen LogP contribution in [0.25, 0.3) is 0 Å². The molecule has 0 saturated heterocycles. The molecule has 1 nitrogen and oxygen atoms in total.